The SMILES string of the molecule is Cc1c(F)cccc1Cc1c(C(=O)N2CCNCC2)c2ccc(O)cc2n1-c1ccccc1. The van der Waals surface area contributed by atoms with Crippen LogP contribution in [0.5, 0.6) is 5.75 Å². The van der Waals surface area contributed by atoms with Gasteiger partial charge in [-0.05, 0) is 48.4 Å². The number of carbonyl (C=O) groups excluding carboxylic acids is 1. The molecular formula is C27H26FN3O2. The van der Waals surface area contributed by atoms with E-state index in [-0.39, 0.29) is 17.5 Å². The number of halogens is 1. The highest BCUT2D eigenvalue weighted by molar-refractivity contribution is 6.09. The Bertz CT molecular complexity index is 1320. The van der Waals surface area contributed by atoms with Gasteiger partial charge in [0.2, 0.25) is 0 Å². The van der Waals surface area contributed by atoms with Crippen LogP contribution in [0, 0.1) is 12.7 Å². The molecule has 1 aromatic heterocycles. The van der Waals surface area contributed by atoms with Crippen molar-refractivity contribution in [2.45, 2.75) is 13.3 Å². The average Bonchev–Trinajstić information content (AvgIpc) is 3.15. The van der Waals surface area contributed by atoms with Crippen LogP contribution in [0.2, 0.25) is 0 Å². The van der Waals surface area contributed by atoms with Gasteiger partial charge in [0.15, 0.2) is 0 Å². The van der Waals surface area contributed by atoms with Crippen molar-refractivity contribution >= 4 is 16.8 Å². The summed E-state index contributed by atoms with van der Waals surface area (Å²) in [7, 11) is 0. The molecular weight excluding hydrogens is 417 g/mol. The van der Waals surface area contributed by atoms with Gasteiger partial charge in [-0.1, -0.05) is 30.3 Å². The lowest BCUT2D eigenvalue weighted by Crippen LogP contribution is -2.46. The predicted molar refractivity (Wildman–Crippen MR) is 128 cm³/mol. The molecule has 5 nitrogen and oxygen atoms in total. The van der Waals surface area contributed by atoms with Gasteiger partial charge in [0, 0.05) is 55.4 Å². The Kier molecular flexibility index (Phi) is 5.60. The Morgan fingerprint density at radius 1 is 1.03 bits per heavy atom. The van der Waals surface area contributed by atoms with Gasteiger partial charge in [-0.2, -0.15) is 0 Å². The zero-order chi connectivity index (χ0) is 22.9. The Hall–Kier alpha value is -3.64. The third-order valence-electron chi connectivity index (χ3n) is 6.42. The summed E-state index contributed by atoms with van der Waals surface area (Å²) in [6.45, 7) is 4.54. The first-order chi connectivity index (χ1) is 16.0. The first kappa shape index (κ1) is 21.2. The molecule has 0 radical (unpaired) electrons. The molecule has 6 heteroatoms. The molecule has 2 N–H and O–H groups in total. The van der Waals surface area contributed by atoms with Crippen molar-refractivity contribution in [1.82, 2.24) is 14.8 Å². The van der Waals surface area contributed by atoms with Gasteiger partial charge in [0.1, 0.15) is 11.6 Å². The molecule has 0 atom stereocenters. The van der Waals surface area contributed by atoms with Crippen molar-refractivity contribution in [3.05, 3.63) is 94.9 Å². The number of carbonyl (C=O) groups is 1. The number of hydrogen-bond donors (Lipinski definition) is 2. The van der Waals surface area contributed by atoms with Crippen molar-refractivity contribution < 1.29 is 14.3 Å². The van der Waals surface area contributed by atoms with Gasteiger partial charge < -0.3 is 19.9 Å². The van der Waals surface area contributed by atoms with Gasteiger partial charge in [-0.15, -0.1) is 0 Å². The topological polar surface area (TPSA) is 57.5 Å². The molecule has 2 heterocycles. The van der Waals surface area contributed by atoms with Crippen LogP contribution in [0.1, 0.15) is 27.2 Å². The molecule has 0 saturated carbocycles. The Morgan fingerprint density at radius 2 is 1.79 bits per heavy atom. The summed E-state index contributed by atoms with van der Waals surface area (Å²) in [6.07, 6.45) is 0.390. The number of piperazine rings is 1. The van der Waals surface area contributed by atoms with Gasteiger partial charge >= 0.3 is 0 Å². The molecule has 1 aliphatic heterocycles. The summed E-state index contributed by atoms with van der Waals surface area (Å²) >= 11 is 0. The van der Waals surface area contributed by atoms with Crippen molar-refractivity contribution in [2.24, 2.45) is 0 Å². The summed E-state index contributed by atoms with van der Waals surface area (Å²) in [4.78, 5) is 15.7. The predicted octanol–water partition coefficient (Wildman–Crippen LogP) is 4.42. The van der Waals surface area contributed by atoms with Crippen molar-refractivity contribution in [3.8, 4) is 11.4 Å². The van der Waals surface area contributed by atoms with E-state index in [4.69, 9.17) is 0 Å². The van der Waals surface area contributed by atoms with Crippen molar-refractivity contribution in [2.75, 3.05) is 26.2 Å². The Morgan fingerprint density at radius 3 is 2.55 bits per heavy atom. The number of nitrogens with one attached hydrogen (secondary N) is 1. The second-order valence-corrected chi connectivity index (χ2v) is 8.44. The first-order valence-electron chi connectivity index (χ1n) is 11.2. The molecule has 1 fully saturated rings. The number of aromatic nitrogens is 1. The van der Waals surface area contributed by atoms with Gasteiger partial charge in [0.05, 0.1) is 11.1 Å². The molecule has 5 rings (SSSR count). The maximum absolute atomic E-state index is 14.4. The van der Waals surface area contributed by atoms with Crippen LogP contribution >= 0.6 is 0 Å². The molecule has 1 amide bonds. The lowest BCUT2D eigenvalue weighted by atomic mass is 9.99. The number of rotatable bonds is 4. The Balaban J connectivity index is 1.79. The number of aromatic hydroxyl groups is 1. The zero-order valence-corrected chi connectivity index (χ0v) is 18.5. The highest BCUT2D eigenvalue weighted by Gasteiger charge is 2.28. The zero-order valence-electron chi connectivity index (χ0n) is 18.5. The molecule has 0 unspecified atom stereocenters. The second kappa shape index (κ2) is 8.71. The number of para-hydroxylation sites is 1. The number of fused-ring (bicyclic) bond motifs is 1. The maximum atomic E-state index is 14.4. The molecule has 33 heavy (non-hydrogen) atoms. The van der Waals surface area contributed by atoms with Crippen LogP contribution in [0.3, 0.4) is 0 Å². The first-order valence-corrected chi connectivity index (χ1v) is 11.2. The largest absolute Gasteiger partial charge is 0.508 e. The number of phenolic OH excluding ortho intramolecular Hbond substituents is 1. The van der Waals surface area contributed by atoms with Crippen LogP contribution in [-0.4, -0.2) is 46.7 Å². The minimum atomic E-state index is -0.262. The minimum absolute atomic E-state index is 0.0362. The Labute approximate surface area is 192 Å². The summed E-state index contributed by atoms with van der Waals surface area (Å²) in [6, 6.07) is 20.0. The highest BCUT2D eigenvalue weighted by Crippen LogP contribution is 2.35. The van der Waals surface area contributed by atoms with Gasteiger partial charge in [-0.3, -0.25) is 4.79 Å². The van der Waals surface area contributed by atoms with E-state index in [1.54, 1.807) is 25.1 Å². The van der Waals surface area contributed by atoms with Crippen LogP contribution in [-0.2, 0) is 6.42 Å². The standard InChI is InChI=1S/C27H26FN3O2/c1-18-19(6-5-9-23(18)28)16-25-26(27(33)30-14-12-29-13-15-30)22-11-10-21(32)17-24(22)31(25)20-7-3-2-4-8-20/h2-11,17,29,32H,12-16H2,1H3. The van der Waals surface area contributed by atoms with E-state index in [1.165, 1.54) is 6.07 Å². The number of benzene rings is 3. The molecule has 168 valence electrons. The molecule has 1 saturated heterocycles. The van der Waals surface area contributed by atoms with E-state index >= 15 is 0 Å². The summed E-state index contributed by atoms with van der Waals surface area (Å²) in [5, 5.41) is 14.4. The van der Waals surface area contributed by atoms with E-state index in [9.17, 15) is 14.3 Å². The van der Waals surface area contributed by atoms with E-state index in [0.29, 0.717) is 30.6 Å². The maximum Gasteiger partial charge on any atom is 0.256 e. The van der Waals surface area contributed by atoms with Crippen molar-refractivity contribution in [3.63, 3.8) is 0 Å². The smallest absolute Gasteiger partial charge is 0.256 e. The highest BCUT2D eigenvalue weighted by atomic mass is 19.1. The number of nitrogens with zero attached hydrogens (tertiary/aromatic N) is 2. The summed E-state index contributed by atoms with van der Waals surface area (Å²) in [5.74, 6) is -0.166. The van der Waals surface area contributed by atoms with Crippen LogP contribution in [0.25, 0.3) is 16.6 Å². The van der Waals surface area contributed by atoms with Gasteiger partial charge in [-0.25, -0.2) is 4.39 Å². The summed E-state index contributed by atoms with van der Waals surface area (Å²) < 4.78 is 16.4. The molecule has 0 aliphatic carbocycles. The van der Waals surface area contributed by atoms with E-state index in [0.717, 1.165) is 40.9 Å². The molecule has 0 bridgehead atoms. The molecule has 1 aliphatic rings. The third-order valence-corrected chi connectivity index (χ3v) is 6.42. The van der Waals surface area contributed by atoms with Crippen LogP contribution < -0.4 is 5.32 Å². The van der Waals surface area contributed by atoms with E-state index < -0.39 is 0 Å². The fourth-order valence-corrected chi connectivity index (χ4v) is 4.66. The fraction of sp³-hybridized carbons (Fsp3) is 0.222. The normalized spacial score (nSPS) is 14.1. The van der Waals surface area contributed by atoms with Crippen LogP contribution in [0.4, 0.5) is 4.39 Å². The number of phenols is 1. The minimum Gasteiger partial charge on any atom is -0.508 e. The summed E-state index contributed by atoms with van der Waals surface area (Å²) in [5.41, 5.74) is 4.44. The quantitative estimate of drug-likeness (QED) is 0.491. The van der Waals surface area contributed by atoms with E-state index in [2.05, 4.69) is 5.32 Å². The lowest BCUT2D eigenvalue weighted by molar-refractivity contribution is 0.0736. The lowest BCUT2D eigenvalue weighted by Gasteiger charge is -2.28. The van der Waals surface area contributed by atoms with Crippen molar-refractivity contribution in [1.29, 1.82) is 0 Å². The molecule has 3 aromatic carbocycles. The monoisotopic (exact) mass is 443 g/mol. The fourth-order valence-electron chi connectivity index (χ4n) is 4.66. The second-order valence-electron chi connectivity index (χ2n) is 8.44. The average molecular weight is 444 g/mol. The molecule has 4 aromatic rings. The number of amides is 1. The van der Waals surface area contributed by atoms with Crippen LogP contribution in [0.15, 0.2) is 66.7 Å². The molecule has 0 spiro atoms. The number of hydrogen-bond acceptors (Lipinski definition) is 3. The third kappa shape index (κ3) is 3.87. The van der Waals surface area contributed by atoms with Gasteiger partial charge in [0.25, 0.3) is 5.91 Å². The van der Waals surface area contributed by atoms with E-state index in [1.807, 2.05) is 51.9 Å².